The van der Waals surface area contributed by atoms with Gasteiger partial charge in [0.05, 0.1) is 24.1 Å². The molecule has 2 fully saturated rings. The van der Waals surface area contributed by atoms with Crippen LogP contribution in [0.25, 0.3) is 0 Å². The summed E-state index contributed by atoms with van der Waals surface area (Å²) in [7, 11) is 0. The van der Waals surface area contributed by atoms with Crippen molar-refractivity contribution in [3.05, 3.63) is 59.4 Å². The number of nitrogens with one attached hydrogen (secondary N) is 1. The summed E-state index contributed by atoms with van der Waals surface area (Å²) in [6.45, 7) is 3.29. The Morgan fingerprint density at radius 2 is 1.89 bits per heavy atom. The zero-order chi connectivity index (χ0) is 19.5. The molecule has 28 heavy (non-hydrogen) atoms. The van der Waals surface area contributed by atoms with Gasteiger partial charge in [0.25, 0.3) is 0 Å². The second kappa shape index (κ2) is 8.19. The number of hydrogen-bond acceptors (Lipinski definition) is 4. The number of hydrogen-bond donors (Lipinski definition) is 1. The number of aromatic nitrogens is 1. The van der Waals surface area contributed by atoms with Crippen LogP contribution in [-0.4, -0.2) is 47.9 Å². The molecule has 7 heteroatoms. The van der Waals surface area contributed by atoms with Gasteiger partial charge in [-0.2, -0.15) is 0 Å². The summed E-state index contributed by atoms with van der Waals surface area (Å²) in [5, 5.41) is 3.61. The van der Waals surface area contributed by atoms with Gasteiger partial charge in [-0.3, -0.25) is 14.6 Å². The first-order valence-electron chi connectivity index (χ1n) is 9.59. The molecule has 2 amide bonds. The van der Waals surface area contributed by atoms with E-state index in [2.05, 4.69) is 15.2 Å². The van der Waals surface area contributed by atoms with E-state index in [1.807, 2.05) is 47.4 Å². The molecule has 0 bridgehead atoms. The van der Waals surface area contributed by atoms with Crippen molar-refractivity contribution in [1.82, 2.24) is 15.2 Å². The second-order valence-electron chi connectivity index (χ2n) is 7.28. The van der Waals surface area contributed by atoms with Gasteiger partial charge < -0.3 is 15.1 Å². The summed E-state index contributed by atoms with van der Waals surface area (Å²) >= 11 is 6.07. The van der Waals surface area contributed by atoms with E-state index in [1.54, 1.807) is 6.20 Å². The summed E-state index contributed by atoms with van der Waals surface area (Å²) in [5.41, 5.74) is 1.90. The highest BCUT2D eigenvalue weighted by atomic mass is 35.5. The quantitative estimate of drug-likeness (QED) is 0.839. The molecule has 2 heterocycles. The van der Waals surface area contributed by atoms with Gasteiger partial charge in [0, 0.05) is 43.1 Å². The normalized spacial score (nSPS) is 21.3. The lowest BCUT2D eigenvalue weighted by Gasteiger charge is -2.36. The SMILES string of the molecule is O=C(NCc1ccccn1)C1CC1C(=O)N1CCN(c2cccc(Cl)c2)CC1. The van der Waals surface area contributed by atoms with E-state index in [-0.39, 0.29) is 23.7 Å². The Morgan fingerprint density at radius 3 is 2.61 bits per heavy atom. The van der Waals surface area contributed by atoms with Crippen molar-refractivity contribution >= 4 is 29.1 Å². The number of anilines is 1. The zero-order valence-corrected chi connectivity index (χ0v) is 16.3. The van der Waals surface area contributed by atoms with E-state index in [4.69, 9.17) is 11.6 Å². The summed E-state index contributed by atoms with van der Waals surface area (Å²) in [6.07, 6.45) is 2.34. The van der Waals surface area contributed by atoms with Crippen LogP contribution in [0.4, 0.5) is 5.69 Å². The highest BCUT2D eigenvalue weighted by Gasteiger charge is 2.49. The molecule has 1 aliphatic carbocycles. The number of halogens is 1. The molecule has 6 nitrogen and oxygen atoms in total. The molecule has 2 atom stereocenters. The lowest BCUT2D eigenvalue weighted by Crippen LogP contribution is -2.49. The number of piperazine rings is 1. The third-order valence-corrected chi connectivity index (χ3v) is 5.61. The van der Waals surface area contributed by atoms with E-state index in [0.717, 1.165) is 24.5 Å². The Kier molecular flexibility index (Phi) is 5.48. The maximum absolute atomic E-state index is 12.7. The molecule has 4 rings (SSSR count). The fraction of sp³-hybridized carbons (Fsp3) is 0.381. The monoisotopic (exact) mass is 398 g/mol. The highest BCUT2D eigenvalue weighted by Crippen LogP contribution is 2.40. The Hall–Kier alpha value is -2.60. The van der Waals surface area contributed by atoms with E-state index in [9.17, 15) is 9.59 Å². The van der Waals surface area contributed by atoms with Gasteiger partial charge in [-0.1, -0.05) is 23.7 Å². The summed E-state index contributed by atoms with van der Waals surface area (Å²) in [5.74, 6) is -0.339. The molecule has 1 aliphatic heterocycles. The minimum absolute atomic E-state index is 0.0541. The molecular weight excluding hydrogens is 376 g/mol. The lowest BCUT2D eigenvalue weighted by atomic mass is 10.2. The molecule has 1 aromatic heterocycles. The number of carbonyl (C=O) groups is 2. The summed E-state index contributed by atoms with van der Waals surface area (Å²) in [4.78, 5) is 33.4. The van der Waals surface area contributed by atoms with Crippen LogP contribution in [0.2, 0.25) is 5.02 Å². The van der Waals surface area contributed by atoms with E-state index in [0.29, 0.717) is 31.1 Å². The minimum atomic E-state index is -0.206. The standard InChI is InChI=1S/C21H23ClN4O2/c22-15-4-3-6-17(12-15)25-8-10-26(11-9-25)21(28)19-13-18(19)20(27)24-14-16-5-1-2-7-23-16/h1-7,12,18-19H,8-11,13-14H2,(H,24,27). The van der Waals surface area contributed by atoms with Crippen LogP contribution in [-0.2, 0) is 16.1 Å². The minimum Gasteiger partial charge on any atom is -0.368 e. The van der Waals surface area contributed by atoms with Crippen molar-refractivity contribution in [2.24, 2.45) is 11.8 Å². The number of carbonyl (C=O) groups excluding carboxylic acids is 2. The molecule has 1 aromatic carbocycles. The van der Waals surface area contributed by atoms with Gasteiger partial charge in [0.2, 0.25) is 11.8 Å². The number of pyridine rings is 1. The molecule has 2 unspecified atom stereocenters. The average Bonchev–Trinajstić information content (AvgIpc) is 3.53. The van der Waals surface area contributed by atoms with Crippen LogP contribution in [0.3, 0.4) is 0 Å². The maximum atomic E-state index is 12.7. The van der Waals surface area contributed by atoms with E-state index in [1.165, 1.54) is 0 Å². The van der Waals surface area contributed by atoms with Crippen molar-refractivity contribution in [2.45, 2.75) is 13.0 Å². The number of rotatable bonds is 5. The number of amides is 2. The van der Waals surface area contributed by atoms with Crippen LogP contribution < -0.4 is 10.2 Å². The Balaban J connectivity index is 1.24. The topological polar surface area (TPSA) is 65.5 Å². The van der Waals surface area contributed by atoms with E-state index < -0.39 is 0 Å². The highest BCUT2D eigenvalue weighted by molar-refractivity contribution is 6.30. The van der Waals surface area contributed by atoms with Crippen molar-refractivity contribution in [2.75, 3.05) is 31.1 Å². The summed E-state index contributed by atoms with van der Waals surface area (Å²) in [6, 6.07) is 13.4. The van der Waals surface area contributed by atoms with Gasteiger partial charge in [-0.15, -0.1) is 0 Å². The smallest absolute Gasteiger partial charge is 0.226 e. The lowest BCUT2D eigenvalue weighted by molar-refractivity contribution is -0.135. The third-order valence-electron chi connectivity index (χ3n) is 5.38. The largest absolute Gasteiger partial charge is 0.368 e. The fourth-order valence-electron chi connectivity index (χ4n) is 3.66. The molecule has 0 radical (unpaired) electrons. The van der Waals surface area contributed by atoms with E-state index >= 15 is 0 Å². The first-order chi connectivity index (χ1) is 13.6. The van der Waals surface area contributed by atoms with Gasteiger partial charge >= 0.3 is 0 Å². The Morgan fingerprint density at radius 1 is 1.07 bits per heavy atom. The molecule has 146 valence electrons. The number of benzene rings is 1. The fourth-order valence-corrected chi connectivity index (χ4v) is 3.85. The molecule has 1 saturated heterocycles. The molecule has 1 saturated carbocycles. The van der Waals surface area contributed by atoms with Gasteiger partial charge in [-0.05, 0) is 36.8 Å². The molecule has 2 aromatic rings. The zero-order valence-electron chi connectivity index (χ0n) is 15.6. The summed E-state index contributed by atoms with van der Waals surface area (Å²) < 4.78 is 0. The van der Waals surface area contributed by atoms with Crippen LogP contribution >= 0.6 is 11.6 Å². The van der Waals surface area contributed by atoms with Crippen LogP contribution in [0, 0.1) is 11.8 Å². The third kappa shape index (κ3) is 4.28. The first kappa shape index (κ1) is 18.7. The van der Waals surface area contributed by atoms with Crippen molar-refractivity contribution in [1.29, 1.82) is 0 Å². The van der Waals surface area contributed by atoms with Crippen LogP contribution in [0.1, 0.15) is 12.1 Å². The average molecular weight is 399 g/mol. The maximum Gasteiger partial charge on any atom is 0.226 e. The van der Waals surface area contributed by atoms with Gasteiger partial charge in [0.15, 0.2) is 0 Å². The Bertz CT molecular complexity index is 852. The molecule has 0 spiro atoms. The second-order valence-corrected chi connectivity index (χ2v) is 7.72. The number of nitrogens with zero attached hydrogens (tertiary/aromatic N) is 3. The predicted octanol–water partition coefficient (Wildman–Crippen LogP) is 2.34. The van der Waals surface area contributed by atoms with Gasteiger partial charge in [0.1, 0.15) is 0 Å². The van der Waals surface area contributed by atoms with Gasteiger partial charge in [-0.25, -0.2) is 0 Å². The van der Waals surface area contributed by atoms with Crippen molar-refractivity contribution in [3.8, 4) is 0 Å². The van der Waals surface area contributed by atoms with Crippen molar-refractivity contribution in [3.63, 3.8) is 0 Å². The van der Waals surface area contributed by atoms with Crippen LogP contribution in [0.5, 0.6) is 0 Å². The van der Waals surface area contributed by atoms with Crippen LogP contribution in [0.15, 0.2) is 48.7 Å². The first-order valence-corrected chi connectivity index (χ1v) is 9.96. The molecule has 2 aliphatic rings. The Labute approximate surface area is 169 Å². The molecular formula is C21H23ClN4O2. The van der Waals surface area contributed by atoms with Crippen molar-refractivity contribution < 1.29 is 9.59 Å². The predicted molar refractivity (Wildman–Crippen MR) is 108 cm³/mol. The molecule has 1 N–H and O–H groups in total.